The zero-order valence-corrected chi connectivity index (χ0v) is 15.0. The quantitative estimate of drug-likeness (QED) is 0.659. The maximum Gasteiger partial charge on any atom is 0.230 e. The van der Waals surface area contributed by atoms with Gasteiger partial charge in [0.05, 0.1) is 6.42 Å². The number of nitrogens with one attached hydrogen (secondary N) is 2. The summed E-state index contributed by atoms with van der Waals surface area (Å²) in [5, 5.41) is 14.1. The Morgan fingerprint density at radius 1 is 0.880 bits per heavy atom. The van der Waals surface area contributed by atoms with Crippen molar-refractivity contribution in [2.75, 3.05) is 10.6 Å². The molecule has 1 heterocycles. The van der Waals surface area contributed by atoms with Gasteiger partial charge < -0.3 is 10.6 Å². The second-order valence-electron chi connectivity index (χ2n) is 5.46. The van der Waals surface area contributed by atoms with Gasteiger partial charge in [-0.2, -0.15) is 0 Å². The number of nitrogens with zero attached hydrogens (tertiary/aromatic N) is 2. The third-order valence-electron chi connectivity index (χ3n) is 3.56. The van der Waals surface area contributed by atoms with Gasteiger partial charge in [0.25, 0.3) is 0 Å². The first-order valence-corrected chi connectivity index (χ1v) is 8.65. The standard InChI is InChI=1S/C19H17BrN4O/c20-16-9-5-4-8-15(16)12-19(25)22-18-11-10-17(23-24-18)21-13-14-6-2-1-3-7-14/h1-11H,12-13H2,(H,21,23)(H,22,24,25). The van der Waals surface area contributed by atoms with Crippen molar-refractivity contribution in [1.29, 1.82) is 0 Å². The molecule has 5 nitrogen and oxygen atoms in total. The van der Waals surface area contributed by atoms with Gasteiger partial charge in [0.1, 0.15) is 5.82 Å². The van der Waals surface area contributed by atoms with Crippen LogP contribution in [0.5, 0.6) is 0 Å². The van der Waals surface area contributed by atoms with Crippen LogP contribution in [0.2, 0.25) is 0 Å². The second-order valence-corrected chi connectivity index (χ2v) is 6.31. The van der Waals surface area contributed by atoms with Crippen molar-refractivity contribution < 1.29 is 4.79 Å². The summed E-state index contributed by atoms with van der Waals surface area (Å²) in [4.78, 5) is 12.1. The van der Waals surface area contributed by atoms with Gasteiger partial charge in [-0.05, 0) is 29.3 Å². The number of carbonyl (C=O) groups is 1. The van der Waals surface area contributed by atoms with E-state index in [2.05, 4.69) is 36.8 Å². The van der Waals surface area contributed by atoms with E-state index < -0.39 is 0 Å². The Kier molecular flexibility index (Phi) is 5.74. The smallest absolute Gasteiger partial charge is 0.230 e. The van der Waals surface area contributed by atoms with Gasteiger partial charge in [0.15, 0.2) is 5.82 Å². The van der Waals surface area contributed by atoms with Crippen LogP contribution in [0.25, 0.3) is 0 Å². The van der Waals surface area contributed by atoms with E-state index >= 15 is 0 Å². The highest BCUT2D eigenvalue weighted by Crippen LogP contribution is 2.17. The maximum atomic E-state index is 12.1. The average Bonchev–Trinajstić information content (AvgIpc) is 2.64. The molecule has 0 saturated heterocycles. The number of aromatic nitrogens is 2. The molecular formula is C19H17BrN4O. The first-order valence-electron chi connectivity index (χ1n) is 7.85. The van der Waals surface area contributed by atoms with Gasteiger partial charge in [-0.15, -0.1) is 10.2 Å². The molecule has 0 unspecified atom stereocenters. The second kappa shape index (κ2) is 8.39. The van der Waals surface area contributed by atoms with E-state index in [0.29, 0.717) is 18.2 Å². The van der Waals surface area contributed by atoms with Crippen molar-refractivity contribution in [3.05, 3.63) is 82.3 Å². The number of halogens is 1. The fourth-order valence-corrected chi connectivity index (χ4v) is 2.71. The summed E-state index contributed by atoms with van der Waals surface area (Å²) >= 11 is 3.44. The van der Waals surface area contributed by atoms with Crippen LogP contribution < -0.4 is 10.6 Å². The minimum Gasteiger partial charge on any atom is -0.365 e. The molecule has 0 bridgehead atoms. The first kappa shape index (κ1) is 17.1. The predicted octanol–water partition coefficient (Wildman–Crippen LogP) is 4.03. The Balaban J connectivity index is 1.53. The van der Waals surface area contributed by atoms with Crippen LogP contribution in [-0.4, -0.2) is 16.1 Å². The summed E-state index contributed by atoms with van der Waals surface area (Å²) in [6, 6.07) is 21.2. The lowest BCUT2D eigenvalue weighted by Crippen LogP contribution is -2.16. The van der Waals surface area contributed by atoms with Gasteiger partial charge in [-0.1, -0.05) is 64.5 Å². The van der Waals surface area contributed by atoms with E-state index in [9.17, 15) is 4.79 Å². The Labute approximate surface area is 154 Å². The van der Waals surface area contributed by atoms with Crippen molar-refractivity contribution in [3.8, 4) is 0 Å². The van der Waals surface area contributed by atoms with Crippen molar-refractivity contribution in [1.82, 2.24) is 10.2 Å². The third-order valence-corrected chi connectivity index (χ3v) is 4.33. The molecule has 1 aromatic heterocycles. The largest absolute Gasteiger partial charge is 0.365 e. The maximum absolute atomic E-state index is 12.1. The lowest BCUT2D eigenvalue weighted by Gasteiger charge is -2.07. The highest BCUT2D eigenvalue weighted by Gasteiger charge is 2.08. The third kappa shape index (κ3) is 5.12. The molecule has 0 saturated carbocycles. The van der Waals surface area contributed by atoms with Gasteiger partial charge in [0, 0.05) is 11.0 Å². The summed E-state index contributed by atoms with van der Waals surface area (Å²) in [6.45, 7) is 0.670. The van der Waals surface area contributed by atoms with E-state index in [1.807, 2.05) is 54.6 Å². The van der Waals surface area contributed by atoms with E-state index in [1.54, 1.807) is 12.1 Å². The average molecular weight is 397 g/mol. The lowest BCUT2D eigenvalue weighted by atomic mass is 10.1. The zero-order valence-electron chi connectivity index (χ0n) is 13.4. The number of rotatable bonds is 6. The Morgan fingerprint density at radius 2 is 1.56 bits per heavy atom. The first-order chi connectivity index (χ1) is 12.2. The fraction of sp³-hybridized carbons (Fsp3) is 0.105. The fourth-order valence-electron chi connectivity index (χ4n) is 2.28. The van der Waals surface area contributed by atoms with Crippen LogP contribution in [0, 0.1) is 0 Å². The lowest BCUT2D eigenvalue weighted by molar-refractivity contribution is -0.115. The van der Waals surface area contributed by atoms with Crippen molar-refractivity contribution in [3.63, 3.8) is 0 Å². The minimum absolute atomic E-state index is 0.133. The molecule has 0 aliphatic rings. The summed E-state index contributed by atoms with van der Waals surface area (Å²) < 4.78 is 0.914. The topological polar surface area (TPSA) is 66.9 Å². The van der Waals surface area contributed by atoms with Crippen LogP contribution in [0.15, 0.2) is 71.2 Å². The Hall–Kier alpha value is -2.73. The van der Waals surface area contributed by atoms with Gasteiger partial charge in [0.2, 0.25) is 5.91 Å². The van der Waals surface area contributed by atoms with Crippen LogP contribution >= 0.6 is 15.9 Å². The molecule has 25 heavy (non-hydrogen) atoms. The molecule has 2 N–H and O–H groups in total. The SMILES string of the molecule is O=C(Cc1ccccc1Br)Nc1ccc(NCc2ccccc2)nn1. The monoisotopic (exact) mass is 396 g/mol. The molecule has 3 rings (SSSR count). The molecule has 3 aromatic rings. The molecule has 0 atom stereocenters. The number of carbonyl (C=O) groups excluding carboxylic acids is 1. The molecule has 1 amide bonds. The highest BCUT2D eigenvalue weighted by atomic mass is 79.9. The Morgan fingerprint density at radius 3 is 2.28 bits per heavy atom. The van der Waals surface area contributed by atoms with E-state index in [1.165, 1.54) is 0 Å². The number of hydrogen-bond donors (Lipinski definition) is 2. The number of benzene rings is 2. The predicted molar refractivity (Wildman–Crippen MR) is 102 cm³/mol. The molecular weight excluding hydrogens is 380 g/mol. The Bertz CT molecular complexity index is 838. The molecule has 2 aromatic carbocycles. The molecule has 0 radical (unpaired) electrons. The highest BCUT2D eigenvalue weighted by molar-refractivity contribution is 9.10. The number of hydrogen-bond acceptors (Lipinski definition) is 4. The van der Waals surface area contributed by atoms with Crippen LogP contribution in [0.1, 0.15) is 11.1 Å². The molecule has 0 aliphatic carbocycles. The molecule has 0 spiro atoms. The summed E-state index contributed by atoms with van der Waals surface area (Å²) in [5.74, 6) is 0.959. The summed E-state index contributed by atoms with van der Waals surface area (Å²) in [5.41, 5.74) is 2.09. The van der Waals surface area contributed by atoms with Gasteiger partial charge >= 0.3 is 0 Å². The van der Waals surface area contributed by atoms with E-state index in [4.69, 9.17) is 0 Å². The number of anilines is 2. The minimum atomic E-state index is -0.133. The molecule has 0 fully saturated rings. The van der Waals surface area contributed by atoms with Crippen molar-refractivity contribution >= 4 is 33.5 Å². The van der Waals surface area contributed by atoms with Gasteiger partial charge in [-0.3, -0.25) is 4.79 Å². The molecule has 126 valence electrons. The van der Waals surface area contributed by atoms with Crippen LogP contribution in [0.3, 0.4) is 0 Å². The van der Waals surface area contributed by atoms with Crippen LogP contribution in [0.4, 0.5) is 11.6 Å². The zero-order chi connectivity index (χ0) is 17.5. The molecule has 6 heteroatoms. The number of amides is 1. The normalized spacial score (nSPS) is 10.3. The van der Waals surface area contributed by atoms with E-state index in [-0.39, 0.29) is 12.3 Å². The summed E-state index contributed by atoms with van der Waals surface area (Å²) in [7, 11) is 0. The van der Waals surface area contributed by atoms with Gasteiger partial charge in [-0.25, -0.2) is 0 Å². The molecule has 0 aliphatic heterocycles. The summed E-state index contributed by atoms with van der Waals surface area (Å²) in [6.07, 6.45) is 0.275. The van der Waals surface area contributed by atoms with E-state index in [0.717, 1.165) is 15.6 Å². The van der Waals surface area contributed by atoms with Crippen LogP contribution in [-0.2, 0) is 17.8 Å². The van der Waals surface area contributed by atoms with Crippen molar-refractivity contribution in [2.24, 2.45) is 0 Å². The van der Waals surface area contributed by atoms with Crippen molar-refractivity contribution in [2.45, 2.75) is 13.0 Å².